The Balaban J connectivity index is 2.64. The number of carboxylic acids is 1. The van der Waals surface area contributed by atoms with E-state index < -0.39 is 5.97 Å². The first-order chi connectivity index (χ1) is 7.13. The van der Waals surface area contributed by atoms with Gasteiger partial charge < -0.3 is 10.0 Å². The SMILES string of the molecule is CN(CCC(=O)O)c1ccnc(CS)c1. The van der Waals surface area contributed by atoms with Crippen molar-refractivity contribution in [3.63, 3.8) is 0 Å². The van der Waals surface area contributed by atoms with E-state index >= 15 is 0 Å². The summed E-state index contributed by atoms with van der Waals surface area (Å²) in [5, 5.41) is 8.56. The van der Waals surface area contributed by atoms with E-state index in [0.29, 0.717) is 12.3 Å². The third-order valence-corrected chi connectivity index (χ3v) is 2.39. The van der Waals surface area contributed by atoms with E-state index in [2.05, 4.69) is 17.6 Å². The lowest BCUT2D eigenvalue weighted by molar-refractivity contribution is -0.136. The number of carboxylic acid groups (broad SMARTS) is 1. The second-order valence-electron chi connectivity index (χ2n) is 3.23. The summed E-state index contributed by atoms with van der Waals surface area (Å²) in [6.45, 7) is 0.491. The Morgan fingerprint density at radius 1 is 1.67 bits per heavy atom. The maximum absolute atomic E-state index is 10.4. The number of carbonyl (C=O) groups is 1. The molecule has 4 nitrogen and oxygen atoms in total. The van der Waals surface area contributed by atoms with E-state index in [0.717, 1.165) is 11.4 Å². The highest BCUT2D eigenvalue weighted by Gasteiger charge is 2.04. The third-order valence-electron chi connectivity index (χ3n) is 2.06. The molecule has 0 aliphatic heterocycles. The lowest BCUT2D eigenvalue weighted by atomic mass is 10.3. The van der Waals surface area contributed by atoms with Crippen LogP contribution in [-0.2, 0) is 10.5 Å². The largest absolute Gasteiger partial charge is 0.481 e. The van der Waals surface area contributed by atoms with Crippen LogP contribution >= 0.6 is 12.6 Å². The summed E-state index contributed by atoms with van der Waals surface area (Å²) >= 11 is 4.14. The molecule has 0 aliphatic carbocycles. The molecule has 0 radical (unpaired) electrons. The molecular weight excluding hydrogens is 212 g/mol. The van der Waals surface area contributed by atoms with Gasteiger partial charge in [0.25, 0.3) is 0 Å². The van der Waals surface area contributed by atoms with Crippen molar-refractivity contribution in [3.8, 4) is 0 Å². The van der Waals surface area contributed by atoms with Crippen LogP contribution in [0.5, 0.6) is 0 Å². The molecule has 0 saturated carbocycles. The number of aromatic nitrogens is 1. The van der Waals surface area contributed by atoms with Gasteiger partial charge in [0.15, 0.2) is 0 Å². The van der Waals surface area contributed by atoms with Gasteiger partial charge in [-0.1, -0.05) is 0 Å². The highest BCUT2D eigenvalue weighted by atomic mass is 32.1. The minimum Gasteiger partial charge on any atom is -0.481 e. The van der Waals surface area contributed by atoms with Crippen molar-refractivity contribution in [2.24, 2.45) is 0 Å². The van der Waals surface area contributed by atoms with E-state index in [-0.39, 0.29) is 6.42 Å². The second-order valence-corrected chi connectivity index (χ2v) is 3.55. The molecule has 0 spiro atoms. The summed E-state index contributed by atoms with van der Waals surface area (Å²) in [7, 11) is 1.86. The van der Waals surface area contributed by atoms with Crippen LogP contribution in [0.15, 0.2) is 18.3 Å². The number of hydrogen-bond acceptors (Lipinski definition) is 4. The van der Waals surface area contributed by atoms with E-state index in [1.165, 1.54) is 0 Å². The Hall–Kier alpha value is -1.23. The predicted octanol–water partition coefficient (Wildman–Crippen LogP) is 1.42. The zero-order valence-electron chi connectivity index (χ0n) is 8.55. The van der Waals surface area contributed by atoms with Gasteiger partial charge in [0.2, 0.25) is 0 Å². The molecule has 0 bridgehead atoms. The van der Waals surface area contributed by atoms with Gasteiger partial charge in [-0.2, -0.15) is 12.6 Å². The summed E-state index contributed by atoms with van der Waals surface area (Å²) in [6, 6.07) is 3.77. The molecule has 5 heteroatoms. The van der Waals surface area contributed by atoms with Gasteiger partial charge in [-0.05, 0) is 12.1 Å². The second kappa shape index (κ2) is 5.60. The van der Waals surface area contributed by atoms with Crippen LogP contribution in [0.4, 0.5) is 5.69 Å². The molecular formula is C10H14N2O2S. The molecule has 1 heterocycles. The Labute approximate surface area is 94.3 Å². The summed E-state index contributed by atoms with van der Waals surface area (Å²) in [6.07, 6.45) is 1.84. The van der Waals surface area contributed by atoms with Crippen LogP contribution in [0.1, 0.15) is 12.1 Å². The fraction of sp³-hybridized carbons (Fsp3) is 0.400. The number of thiol groups is 1. The molecule has 0 unspecified atom stereocenters. The van der Waals surface area contributed by atoms with E-state index in [9.17, 15) is 4.79 Å². The smallest absolute Gasteiger partial charge is 0.305 e. The number of rotatable bonds is 5. The molecule has 0 atom stereocenters. The Morgan fingerprint density at radius 2 is 2.40 bits per heavy atom. The maximum Gasteiger partial charge on any atom is 0.305 e. The number of anilines is 1. The first-order valence-corrected chi connectivity index (χ1v) is 5.25. The molecule has 0 saturated heterocycles. The van der Waals surface area contributed by atoms with Gasteiger partial charge in [0.1, 0.15) is 0 Å². The molecule has 1 N–H and O–H groups in total. The number of hydrogen-bond donors (Lipinski definition) is 2. The minimum atomic E-state index is -0.787. The molecule has 1 rings (SSSR count). The van der Waals surface area contributed by atoms with Gasteiger partial charge in [-0.15, -0.1) is 0 Å². The standard InChI is InChI=1S/C10H14N2O2S/c1-12(5-3-10(13)14)9-2-4-11-8(6-9)7-15/h2,4,6,15H,3,5,7H2,1H3,(H,13,14). The Bertz CT molecular complexity index is 344. The molecule has 0 aliphatic rings. The quantitative estimate of drug-likeness (QED) is 0.746. The molecule has 1 aromatic heterocycles. The summed E-state index contributed by atoms with van der Waals surface area (Å²) in [5.41, 5.74) is 1.85. The van der Waals surface area contributed by atoms with Gasteiger partial charge in [-0.3, -0.25) is 9.78 Å². The van der Waals surface area contributed by atoms with Crippen molar-refractivity contribution < 1.29 is 9.90 Å². The minimum absolute atomic E-state index is 0.134. The first-order valence-electron chi connectivity index (χ1n) is 4.62. The van der Waals surface area contributed by atoms with Crippen molar-refractivity contribution >= 4 is 24.3 Å². The predicted molar refractivity (Wildman–Crippen MR) is 62.4 cm³/mol. The van der Waals surface area contributed by atoms with Crippen molar-refractivity contribution in [1.82, 2.24) is 4.98 Å². The van der Waals surface area contributed by atoms with E-state index in [1.54, 1.807) is 6.20 Å². The molecule has 15 heavy (non-hydrogen) atoms. The zero-order valence-corrected chi connectivity index (χ0v) is 9.44. The monoisotopic (exact) mass is 226 g/mol. The van der Waals surface area contributed by atoms with Crippen LogP contribution in [0.25, 0.3) is 0 Å². The van der Waals surface area contributed by atoms with Crippen molar-refractivity contribution in [3.05, 3.63) is 24.0 Å². The van der Waals surface area contributed by atoms with Crippen molar-refractivity contribution in [2.75, 3.05) is 18.5 Å². The highest BCUT2D eigenvalue weighted by molar-refractivity contribution is 7.79. The van der Waals surface area contributed by atoms with Crippen LogP contribution in [0.2, 0.25) is 0 Å². The highest BCUT2D eigenvalue weighted by Crippen LogP contribution is 2.14. The fourth-order valence-corrected chi connectivity index (χ4v) is 1.35. The van der Waals surface area contributed by atoms with Crippen LogP contribution < -0.4 is 4.90 Å². The van der Waals surface area contributed by atoms with E-state index in [4.69, 9.17) is 5.11 Å². The lowest BCUT2D eigenvalue weighted by Gasteiger charge is -2.18. The fourth-order valence-electron chi connectivity index (χ4n) is 1.18. The summed E-state index contributed by atoms with van der Waals surface area (Å²) in [5.74, 6) is -0.203. The normalized spacial score (nSPS) is 10.0. The molecule has 0 aromatic carbocycles. The Kier molecular flexibility index (Phi) is 4.42. The van der Waals surface area contributed by atoms with Crippen molar-refractivity contribution in [1.29, 1.82) is 0 Å². The van der Waals surface area contributed by atoms with Gasteiger partial charge in [0, 0.05) is 31.2 Å². The molecule has 0 amide bonds. The Morgan fingerprint density at radius 3 is 3.00 bits per heavy atom. The lowest BCUT2D eigenvalue weighted by Crippen LogP contribution is -2.21. The number of aliphatic carboxylic acids is 1. The van der Waals surface area contributed by atoms with Gasteiger partial charge >= 0.3 is 5.97 Å². The first kappa shape index (κ1) is 11.8. The average molecular weight is 226 g/mol. The third kappa shape index (κ3) is 3.79. The van der Waals surface area contributed by atoms with Crippen LogP contribution in [0, 0.1) is 0 Å². The van der Waals surface area contributed by atoms with Gasteiger partial charge in [-0.25, -0.2) is 0 Å². The summed E-state index contributed by atoms with van der Waals surface area (Å²) < 4.78 is 0. The molecule has 82 valence electrons. The number of nitrogens with zero attached hydrogens (tertiary/aromatic N) is 2. The van der Waals surface area contributed by atoms with Gasteiger partial charge in [0.05, 0.1) is 12.1 Å². The summed E-state index contributed by atoms with van der Waals surface area (Å²) in [4.78, 5) is 16.4. The van der Waals surface area contributed by atoms with E-state index in [1.807, 2.05) is 24.1 Å². The molecule has 1 aromatic rings. The van der Waals surface area contributed by atoms with Crippen LogP contribution in [0.3, 0.4) is 0 Å². The van der Waals surface area contributed by atoms with Crippen LogP contribution in [-0.4, -0.2) is 29.7 Å². The average Bonchev–Trinajstić information content (AvgIpc) is 2.26. The zero-order chi connectivity index (χ0) is 11.3. The van der Waals surface area contributed by atoms with Crippen molar-refractivity contribution in [2.45, 2.75) is 12.2 Å². The topological polar surface area (TPSA) is 53.4 Å². The number of pyridine rings is 1. The maximum atomic E-state index is 10.4. The molecule has 0 fully saturated rings.